The van der Waals surface area contributed by atoms with Gasteiger partial charge in [-0.05, 0) is 127 Å². The number of fused-ring (bicyclic) bond motifs is 20. The van der Waals surface area contributed by atoms with Crippen molar-refractivity contribution >= 4 is 136 Å². The molecule has 17 rings (SSSR count). The van der Waals surface area contributed by atoms with Gasteiger partial charge in [0.2, 0.25) is 0 Å². The maximum Gasteiger partial charge on any atom is 0.137 e. The molecule has 0 radical (unpaired) electrons. The Kier molecular flexibility index (Phi) is 10.2. The van der Waals surface area contributed by atoms with E-state index in [1.807, 2.05) is 22.7 Å². The zero-order valence-electron chi connectivity index (χ0n) is 45.8. The lowest BCUT2D eigenvalue weighted by Crippen LogP contribution is -2.66. The molecule has 1 aliphatic carbocycles. The predicted octanol–water partition coefficient (Wildman–Crippen LogP) is 17.9. The Morgan fingerprint density at radius 3 is 1.01 bits per heavy atom. The molecule has 8 heteroatoms. The van der Waals surface area contributed by atoms with Crippen LogP contribution in [0.4, 0.5) is 32.8 Å². The first-order valence-corrected chi connectivity index (χ1v) is 36.0. The van der Waals surface area contributed by atoms with Crippen LogP contribution in [-0.2, 0) is 10.8 Å². The molecular formula is C74H54N2O2S2Si2. The lowest BCUT2D eigenvalue weighted by Gasteiger charge is -2.54. The molecule has 4 aromatic heterocycles. The van der Waals surface area contributed by atoms with E-state index in [1.54, 1.807) is 0 Å². The molecule has 0 fully saturated rings. The summed E-state index contributed by atoms with van der Waals surface area (Å²) < 4.78 is 13.4. The fourth-order valence-corrected chi connectivity index (χ4v) is 24.6. The third-order valence-electron chi connectivity index (χ3n) is 18.7. The van der Waals surface area contributed by atoms with E-state index in [0.29, 0.717) is 0 Å². The van der Waals surface area contributed by atoms with Gasteiger partial charge in [0, 0.05) is 31.9 Å². The van der Waals surface area contributed by atoms with Gasteiger partial charge in [-0.3, -0.25) is 0 Å². The average Bonchev–Trinajstić information content (AvgIpc) is 1.28. The monoisotopic (exact) mass is 1120 g/mol. The summed E-state index contributed by atoms with van der Waals surface area (Å²) in [6.07, 6.45) is 0. The Hall–Kier alpha value is -8.77. The van der Waals surface area contributed by atoms with Gasteiger partial charge in [0.05, 0.1) is 33.0 Å². The first-order valence-electron chi connectivity index (χ1n) is 28.4. The summed E-state index contributed by atoms with van der Waals surface area (Å²) in [4.78, 5) is 7.79. The third-order valence-corrected chi connectivity index (χ3v) is 28.3. The maximum absolute atomic E-state index is 6.71. The normalized spacial score (nSPS) is 15.5. The van der Waals surface area contributed by atoms with Crippen LogP contribution in [0.15, 0.2) is 264 Å². The Bertz CT molecular complexity index is 4470. The number of anilines is 6. The number of para-hydroxylation sites is 4. The van der Waals surface area contributed by atoms with Crippen LogP contribution in [0.2, 0.25) is 26.2 Å². The van der Waals surface area contributed by atoms with Gasteiger partial charge in [-0.15, -0.1) is 22.7 Å². The fourth-order valence-electron chi connectivity index (χ4n) is 15.2. The Morgan fingerprint density at radius 1 is 0.317 bits per heavy atom. The van der Waals surface area contributed by atoms with E-state index in [9.17, 15) is 0 Å². The predicted molar refractivity (Wildman–Crippen MR) is 350 cm³/mol. The van der Waals surface area contributed by atoms with E-state index in [2.05, 4.69) is 291 Å². The molecule has 4 nitrogen and oxygen atoms in total. The molecule has 0 unspecified atom stereocenters. The average molecular weight is 1120 g/mol. The highest BCUT2D eigenvalue weighted by Gasteiger charge is 2.63. The first-order chi connectivity index (χ1) is 40.2. The van der Waals surface area contributed by atoms with Gasteiger partial charge in [0.25, 0.3) is 0 Å². The standard InChI is InChI=1S/C74H54N2O2S2Si2/c1-81(2)63-41-19-13-31-51(63)73(52-32-14-20-42-64(52)81)55-45-67(75(47-25-7-5-8-26-47)57-35-23-39-61-69(57)49-29-11-17-37-59(49)77-61)80-72(55)74(53-33-15-21-43-65(53)82(3,4)66-44-22-16-34-54(66)74)56-46-68(79-71(56)73)76(48-27-9-6-10-28-48)58-36-24-40-62-70(58)50-30-12-18-38-60(50)78-62/h5-46H,1-4H3. The van der Waals surface area contributed by atoms with Crippen molar-refractivity contribution < 1.29 is 8.83 Å². The second-order valence-electron chi connectivity index (χ2n) is 23.4. The summed E-state index contributed by atoms with van der Waals surface area (Å²) >= 11 is 3.96. The highest BCUT2D eigenvalue weighted by atomic mass is 32.1. The smallest absolute Gasteiger partial charge is 0.137 e. The highest BCUT2D eigenvalue weighted by Crippen LogP contribution is 2.67. The van der Waals surface area contributed by atoms with E-state index in [-0.39, 0.29) is 0 Å². The minimum atomic E-state index is -2.33. The van der Waals surface area contributed by atoms with E-state index in [0.717, 1.165) is 76.6 Å². The molecule has 392 valence electrons. The van der Waals surface area contributed by atoms with Crippen molar-refractivity contribution in [3.63, 3.8) is 0 Å². The fraction of sp³-hybridized carbons (Fsp3) is 0.0811. The molecule has 14 aromatic rings. The van der Waals surface area contributed by atoms with Crippen LogP contribution in [0.5, 0.6) is 0 Å². The first kappa shape index (κ1) is 48.0. The molecule has 0 N–H and O–H groups in total. The topological polar surface area (TPSA) is 32.8 Å². The third kappa shape index (κ3) is 6.24. The lowest BCUT2D eigenvalue weighted by atomic mass is 9.55. The largest absolute Gasteiger partial charge is 0.456 e. The molecule has 3 aliphatic rings. The maximum atomic E-state index is 6.71. The van der Waals surface area contributed by atoms with Crippen LogP contribution in [0.1, 0.15) is 43.1 Å². The van der Waals surface area contributed by atoms with Crippen molar-refractivity contribution in [3.05, 3.63) is 298 Å². The summed E-state index contributed by atoms with van der Waals surface area (Å²) in [6.45, 7) is 10.3. The van der Waals surface area contributed by atoms with Crippen LogP contribution in [0.25, 0.3) is 43.9 Å². The van der Waals surface area contributed by atoms with Crippen molar-refractivity contribution in [2.45, 2.75) is 37.0 Å². The summed E-state index contributed by atoms with van der Waals surface area (Å²) in [6, 6.07) is 95.9. The SMILES string of the molecule is C[Si]1(C)c2ccccc2C2(c3ccccc31)c1cc(N(c3ccccc3)c3cccc4oc5ccccc5c34)sc1C1(c3ccccc3[Si](C)(C)c3ccccc31)c1cc(N(c3ccccc3)c3cccc4oc5ccccc5c34)sc12. The molecule has 82 heavy (non-hydrogen) atoms. The number of furan rings is 2. The van der Waals surface area contributed by atoms with Gasteiger partial charge < -0.3 is 18.6 Å². The second kappa shape index (κ2) is 17.4. The number of rotatable bonds is 6. The summed E-state index contributed by atoms with van der Waals surface area (Å²) in [5.41, 5.74) is 14.6. The molecular weight excluding hydrogens is 1070 g/mol. The number of nitrogens with zero attached hydrogens (tertiary/aromatic N) is 2. The minimum Gasteiger partial charge on any atom is -0.456 e. The van der Waals surface area contributed by atoms with Crippen LogP contribution in [0.3, 0.4) is 0 Å². The van der Waals surface area contributed by atoms with E-state index in [4.69, 9.17) is 8.83 Å². The van der Waals surface area contributed by atoms with Crippen molar-refractivity contribution in [3.8, 4) is 0 Å². The number of benzene rings is 10. The molecule has 0 saturated carbocycles. The molecule has 0 bridgehead atoms. The zero-order chi connectivity index (χ0) is 54.7. The molecule has 2 aliphatic heterocycles. The number of hydrogen-bond donors (Lipinski definition) is 0. The molecule has 0 saturated heterocycles. The quantitative estimate of drug-likeness (QED) is 0.155. The van der Waals surface area contributed by atoms with Crippen LogP contribution in [-0.4, -0.2) is 16.1 Å². The summed E-state index contributed by atoms with van der Waals surface area (Å²) in [5.74, 6) is 0. The van der Waals surface area contributed by atoms with Gasteiger partial charge in [0.15, 0.2) is 0 Å². The highest BCUT2D eigenvalue weighted by molar-refractivity contribution is 7.18. The second-order valence-corrected chi connectivity index (χ2v) is 34.1. The van der Waals surface area contributed by atoms with Gasteiger partial charge in [-0.2, -0.15) is 0 Å². The number of hydrogen-bond acceptors (Lipinski definition) is 6. The van der Waals surface area contributed by atoms with Gasteiger partial charge in [-0.1, -0.05) is 208 Å². The van der Waals surface area contributed by atoms with E-state index < -0.39 is 27.0 Å². The van der Waals surface area contributed by atoms with Crippen molar-refractivity contribution in [1.29, 1.82) is 0 Å². The zero-order valence-corrected chi connectivity index (χ0v) is 49.4. The molecule has 0 atom stereocenters. The van der Waals surface area contributed by atoms with Gasteiger partial charge in [0.1, 0.15) is 48.5 Å². The molecule has 10 aromatic carbocycles. The van der Waals surface area contributed by atoms with Crippen LogP contribution < -0.4 is 30.5 Å². The van der Waals surface area contributed by atoms with Gasteiger partial charge in [-0.25, -0.2) is 0 Å². The Morgan fingerprint density at radius 2 is 0.634 bits per heavy atom. The number of thiophene rings is 2. The van der Waals surface area contributed by atoms with Crippen LogP contribution in [0, 0.1) is 0 Å². The van der Waals surface area contributed by atoms with Crippen LogP contribution >= 0.6 is 22.7 Å². The Labute approximate surface area is 486 Å². The van der Waals surface area contributed by atoms with Gasteiger partial charge >= 0.3 is 0 Å². The molecule has 6 heterocycles. The summed E-state index contributed by atoms with van der Waals surface area (Å²) in [7, 11) is -4.67. The van der Waals surface area contributed by atoms with E-state index in [1.165, 1.54) is 63.9 Å². The van der Waals surface area contributed by atoms with Crippen molar-refractivity contribution in [1.82, 2.24) is 0 Å². The van der Waals surface area contributed by atoms with Crippen molar-refractivity contribution in [2.75, 3.05) is 9.80 Å². The molecule has 0 amide bonds. The minimum absolute atomic E-state index is 0.745. The Balaban J connectivity index is 1.07. The summed E-state index contributed by atoms with van der Waals surface area (Å²) in [5, 5.41) is 12.6. The van der Waals surface area contributed by atoms with Crippen molar-refractivity contribution in [2.24, 2.45) is 0 Å². The lowest BCUT2D eigenvalue weighted by molar-refractivity contribution is 0.646. The molecule has 2 spiro atoms. The van der Waals surface area contributed by atoms with E-state index >= 15 is 0 Å².